The van der Waals surface area contributed by atoms with Gasteiger partial charge in [-0.25, -0.2) is 4.68 Å². The molecule has 1 aromatic carbocycles. The van der Waals surface area contributed by atoms with E-state index in [1.54, 1.807) is 10.7 Å². The molecule has 8 nitrogen and oxygen atoms in total. The zero-order valence-corrected chi connectivity index (χ0v) is 19.2. The van der Waals surface area contributed by atoms with Gasteiger partial charge in [0.15, 0.2) is 16.8 Å². The highest BCUT2D eigenvalue weighted by molar-refractivity contribution is 7.98. The molecule has 33 heavy (non-hydrogen) atoms. The van der Waals surface area contributed by atoms with Gasteiger partial charge in [-0.1, -0.05) is 44.0 Å². The van der Waals surface area contributed by atoms with Crippen molar-refractivity contribution in [3.63, 3.8) is 0 Å². The molecule has 1 fully saturated rings. The van der Waals surface area contributed by atoms with E-state index in [4.69, 9.17) is 0 Å². The third-order valence-electron chi connectivity index (χ3n) is 5.69. The molecule has 4 rings (SSSR count). The molecule has 1 N–H and O–H groups in total. The standard InChI is InChI=1S/C21H27F3N8S/c1-2-11-31-19(27-29-30-31)14-33-20-28-26-18(32(20)17-9-4-3-5-10-17)13-25-16-8-6-7-15(12-16)21(22,23)24/h6-8,12,17,25H,2-5,9-11,13-14H2,1H3. The Kier molecular flexibility index (Phi) is 7.51. The Morgan fingerprint density at radius 1 is 1.09 bits per heavy atom. The fourth-order valence-electron chi connectivity index (χ4n) is 4.06. The van der Waals surface area contributed by atoms with Crippen LogP contribution in [0, 0.1) is 0 Å². The van der Waals surface area contributed by atoms with Crippen molar-refractivity contribution in [3.05, 3.63) is 41.5 Å². The van der Waals surface area contributed by atoms with Crippen LogP contribution in [-0.2, 0) is 25.0 Å². The lowest BCUT2D eigenvalue weighted by Gasteiger charge is -2.25. The number of alkyl halides is 3. The van der Waals surface area contributed by atoms with Crippen LogP contribution >= 0.6 is 11.8 Å². The van der Waals surface area contributed by atoms with Crippen molar-refractivity contribution in [1.29, 1.82) is 0 Å². The molecule has 0 atom stereocenters. The van der Waals surface area contributed by atoms with Crippen LogP contribution in [-0.4, -0.2) is 35.0 Å². The Balaban J connectivity index is 1.51. The van der Waals surface area contributed by atoms with Gasteiger partial charge in [0.2, 0.25) is 0 Å². The maximum atomic E-state index is 13.0. The number of aromatic nitrogens is 7. The summed E-state index contributed by atoms with van der Waals surface area (Å²) >= 11 is 1.54. The second-order valence-electron chi connectivity index (χ2n) is 8.10. The number of halogens is 3. The minimum Gasteiger partial charge on any atom is -0.378 e. The summed E-state index contributed by atoms with van der Waals surface area (Å²) in [6, 6.07) is 5.49. The molecule has 2 heterocycles. The fourth-order valence-corrected chi connectivity index (χ4v) is 5.02. The van der Waals surface area contributed by atoms with Gasteiger partial charge in [0, 0.05) is 18.3 Å². The average Bonchev–Trinajstić information content (AvgIpc) is 3.43. The number of benzene rings is 1. The summed E-state index contributed by atoms with van der Waals surface area (Å²) in [5.41, 5.74) is -0.279. The minimum absolute atomic E-state index is 0.279. The molecule has 0 saturated heterocycles. The lowest BCUT2D eigenvalue weighted by molar-refractivity contribution is -0.137. The lowest BCUT2D eigenvalue weighted by atomic mass is 9.95. The molecule has 2 aromatic heterocycles. The van der Waals surface area contributed by atoms with Gasteiger partial charge in [-0.05, 0) is 47.9 Å². The first-order chi connectivity index (χ1) is 16.0. The normalized spacial score (nSPS) is 15.2. The smallest absolute Gasteiger partial charge is 0.378 e. The summed E-state index contributed by atoms with van der Waals surface area (Å²) in [7, 11) is 0. The summed E-state index contributed by atoms with van der Waals surface area (Å²) in [5.74, 6) is 2.07. The van der Waals surface area contributed by atoms with Crippen LogP contribution < -0.4 is 5.32 Å². The van der Waals surface area contributed by atoms with Gasteiger partial charge in [-0.15, -0.1) is 15.3 Å². The average molecular weight is 481 g/mol. The largest absolute Gasteiger partial charge is 0.416 e. The van der Waals surface area contributed by atoms with Crippen LogP contribution in [0.5, 0.6) is 0 Å². The first-order valence-electron chi connectivity index (χ1n) is 11.2. The third-order valence-corrected chi connectivity index (χ3v) is 6.63. The van der Waals surface area contributed by atoms with Crippen molar-refractivity contribution in [2.75, 3.05) is 5.32 Å². The van der Waals surface area contributed by atoms with E-state index in [1.807, 2.05) is 0 Å². The third kappa shape index (κ3) is 5.84. The molecule has 0 spiro atoms. The van der Waals surface area contributed by atoms with Gasteiger partial charge in [0.1, 0.15) is 0 Å². The molecule has 1 aliphatic rings. The molecule has 178 valence electrons. The SMILES string of the molecule is CCCn1nnnc1CSc1nnc(CNc2cccc(C(F)(F)F)c2)n1C1CCCCC1. The molecule has 0 amide bonds. The number of tetrazole rings is 1. The zero-order valence-electron chi connectivity index (χ0n) is 18.4. The van der Waals surface area contributed by atoms with Crippen LogP contribution in [0.3, 0.4) is 0 Å². The van der Waals surface area contributed by atoms with E-state index in [0.717, 1.165) is 67.6 Å². The van der Waals surface area contributed by atoms with E-state index in [9.17, 15) is 13.2 Å². The predicted molar refractivity (Wildman–Crippen MR) is 119 cm³/mol. The van der Waals surface area contributed by atoms with E-state index in [2.05, 4.69) is 42.5 Å². The molecule has 0 unspecified atom stereocenters. The number of anilines is 1. The van der Waals surface area contributed by atoms with Crippen molar-refractivity contribution < 1.29 is 13.2 Å². The Morgan fingerprint density at radius 3 is 2.67 bits per heavy atom. The molecule has 12 heteroatoms. The van der Waals surface area contributed by atoms with Gasteiger partial charge in [0.25, 0.3) is 0 Å². The Labute approximate surface area is 194 Å². The van der Waals surface area contributed by atoms with E-state index >= 15 is 0 Å². The zero-order chi connectivity index (χ0) is 23.3. The highest BCUT2D eigenvalue weighted by atomic mass is 32.2. The Morgan fingerprint density at radius 2 is 1.91 bits per heavy atom. The Bertz CT molecular complexity index is 1040. The monoisotopic (exact) mass is 480 g/mol. The highest BCUT2D eigenvalue weighted by Gasteiger charge is 2.30. The summed E-state index contributed by atoms with van der Waals surface area (Å²) in [4.78, 5) is 0. The van der Waals surface area contributed by atoms with Crippen LogP contribution in [0.1, 0.15) is 68.7 Å². The van der Waals surface area contributed by atoms with Crippen molar-refractivity contribution in [2.24, 2.45) is 0 Å². The predicted octanol–water partition coefficient (Wildman–Crippen LogP) is 5.10. The molecule has 1 aliphatic carbocycles. The van der Waals surface area contributed by atoms with Crippen molar-refractivity contribution in [3.8, 4) is 0 Å². The number of thioether (sulfide) groups is 1. The van der Waals surface area contributed by atoms with E-state index < -0.39 is 11.7 Å². The summed E-state index contributed by atoms with van der Waals surface area (Å²) in [6.45, 7) is 3.12. The van der Waals surface area contributed by atoms with Gasteiger partial charge < -0.3 is 9.88 Å². The molecule has 0 radical (unpaired) electrons. The molecular weight excluding hydrogens is 453 g/mol. The van der Waals surface area contributed by atoms with Crippen LogP contribution in [0.15, 0.2) is 29.4 Å². The number of aryl methyl sites for hydroxylation is 1. The number of rotatable bonds is 9. The number of nitrogens with one attached hydrogen (secondary N) is 1. The van der Waals surface area contributed by atoms with Crippen molar-refractivity contribution in [1.82, 2.24) is 35.0 Å². The number of hydrogen-bond donors (Lipinski definition) is 1. The molecule has 0 aliphatic heterocycles. The lowest BCUT2D eigenvalue weighted by Crippen LogP contribution is -2.18. The molecule has 3 aromatic rings. The van der Waals surface area contributed by atoms with Gasteiger partial charge in [-0.3, -0.25) is 0 Å². The summed E-state index contributed by atoms with van der Waals surface area (Å²) in [5, 5.41) is 24.6. The second kappa shape index (κ2) is 10.5. The van der Waals surface area contributed by atoms with Gasteiger partial charge in [-0.2, -0.15) is 13.2 Å². The number of nitrogens with zero attached hydrogens (tertiary/aromatic N) is 7. The topological polar surface area (TPSA) is 86.3 Å². The van der Waals surface area contributed by atoms with Crippen molar-refractivity contribution >= 4 is 17.4 Å². The Hall–Kier alpha value is -2.63. The highest BCUT2D eigenvalue weighted by Crippen LogP contribution is 2.34. The van der Waals surface area contributed by atoms with Crippen LogP contribution in [0.25, 0.3) is 0 Å². The second-order valence-corrected chi connectivity index (χ2v) is 9.04. The van der Waals surface area contributed by atoms with E-state index in [0.29, 0.717) is 18.0 Å². The van der Waals surface area contributed by atoms with E-state index in [-0.39, 0.29) is 6.04 Å². The maximum Gasteiger partial charge on any atom is 0.416 e. The summed E-state index contributed by atoms with van der Waals surface area (Å²) in [6.07, 6.45) is 2.13. The molecule has 0 bridgehead atoms. The van der Waals surface area contributed by atoms with E-state index in [1.165, 1.54) is 24.2 Å². The molecule has 1 saturated carbocycles. The number of hydrogen-bond acceptors (Lipinski definition) is 7. The molecular formula is C21H27F3N8S. The van der Waals surface area contributed by atoms with Crippen LogP contribution in [0.2, 0.25) is 0 Å². The first kappa shape index (κ1) is 23.5. The minimum atomic E-state index is -4.38. The maximum absolute atomic E-state index is 13.0. The van der Waals surface area contributed by atoms with Crippen molar-refractivity contribution in [2.45, 2.75) is 81.7 Å². The fraction of sp³-hybridized carbons (Fsp3) is 0.571. The summed E-state index contributed by atoms with van der Waals surface area (Å²) < 4.78 is 43.1. The van der Waals surface area contributed by atoms with Gasteiger partial charge >= 0.3 is 6.18 Å². The van der Waals surface area contributed by atoms with Crippen LogP contribution in [0.4, 0.5) is 18.9 Å². The van der Waals surface area contributed by atoms with Gasteiger partial charge in [0.05, 0.1) is 17.9 Å². The quantitative estimate of drug-likeness (QED) is 0.426. The first-order valence-corrected chi connectivity index (χ1v) is 12.2.